The van der Waals surface area contributed by atoms with E-state index in [4.69, 9.17) is 4.74 Å². The van der Waals surface area contributed by atoms with E-state index in [1.807, 2.05) is 0 Å². The standard InChI is InChI=1S/C10H21NO.H3N/c1-2-3-4-5-6-10-9-11-7-8-12-10;/h10-11H,2-9H2,1H3;1H3. The van der Waals surface area contributed by atoms with Gasteiger partial charge in [0.2, 0.25) is 0 Å². The average Bonchev–Trinajstić information content (AvgIpc) is 2.14. The molecule has 1 unspecified atom stereocenters. The van der Waals surface area contributed by atoms with Gasteiger partial charge in [0, 0.05) is 13.1 Å². The van der Waals surface area contributed by atoms with Crippen LogP contribution in [0.15, 0.2) is 0 Å². The van der Waals surface area contributed by atoms with Gasteiger partial charge in [0.15, 0.2) is 0 Å². The number of morpholine rings is 1. The highest BCUT2D eigenvalue weighted by Gasteiger charge is 2.11. The fraction of sp³-hybridized carbons (Fsp3) is 1.00. The Bertz CT molecular complexity index is 103. The Morgan fingerprint density at radius 3 is 2.77 bits per heavy atom. The molecule has 0 aromatic heterocycles. The molecule has 0 bridgehead atoms. The van der Waals surface area contributed by atoms with Crippen molar-refractivity contribution in [3.63, 3.8) is 0 Å². The summed E-state index contributed by atoms with van der Waals surface area (Å²) in [6.45, 7) is 5.24. The Kier molecular flexibility index (Phi) is 8.40. The van der Waals surface area contributed by atoms with E-state index < -0.39 is 0 Å². The first-order valence-corrected chi connectivity index (χ1v) is 5.26. The summed E-state index contributed by atoms with van der Waals surface area (Å²) in [5, 5.41) is 3.35. The lowest BCUT2D eigenvalue weighted by atomic mass is 10.1. The number of ether oxygens (including phenoxy) is 1. The van der Waals surface area contributed by atoms with Gasteiger partial charge in [0.05, 0.1) is 12.7 Å². The smallest absolute Gasteiger partial charge is 0.0700 e. The van der Waals surface area contributed by atoms with Crippen molar-refractivity contribution in [1.82, 2.24) is 11.5 Å². The summed E-state index contributed by atoms with van der Waals surface area (Å²) in [6, 6.07) is 0. The molecule has 0 saturated carbocycles. The molecule has 0 aromatic carbocycles. The average molecular weight is 188 g/mol. The third kappa shape index (κ3) is 6.02. The molecular weight excluding hydrogens is 164 g/mol. The molecule has 1 rings (SSSR count). The zero-order valence-corrected chi connectivity index (χ0v) is 8.85. The van der Waals surface area contributed by atoms with Gasteiger partial charge in [-0.1, -0.05) is 32.6 Å². The van der Waals surface area contributed by atoms with Crippen molar-refractivity contribution < 1.29 is 4.74 Å². The second-order valence-electron chi connectivity index (χ2n) is 3.55. The van der Waals surface area contributed by atoms with Gasteiger partial charge in [-0.15, -0.1) is 0 Å². The lowest BCUT2D eigenvalue weighted by Gasteiger charge is -2.23. The molecule has 1 aliphatic heterocycles. The van der Waals surface area contributed by atoms with Gasteiger partial charge in [0.25, 0.3) is 0 Å². The second-order valence-corrected chi connectivity index (χ2v) is 3.55. The van der Waals surface area contributed by atoms with E-state index >= 15 is 0 Å². The van der Waals surface area contributed by atoms with E-state index in [1.165, 1.54) is 32.1 Å². The molecule has 80 valence electrons. The van der Waals surface area contributed by atoms with Gasteiger partial charge in [-0.2, -0.15) is 0 Å². The van der Waals surface area contributed by atoms with Crippen LogP contribution in [0.4, 0.5) is 0 Å². The van der Waals surface area contributed by atoms with Crippen LogP contribution in [0.5, 0.6) is 0 Å². The van der Waals surface area contributed by atoms with Crippen LogP contribution < -0.4 is 11.5 Å². The van der Waals surface area contributed by atoms with E-state index in [-0.39, 0.29) is 6.15 Å². The number of unbranched alkanes of at least 4 members (excludes halogenated alkanes) is 3. The molecular formula is C10H24N2O. The van der Waals surface area contributed by atoms with Crippen molar-refractivity contribution in [1.29, 1.82) is 0 Å². The normalized spacial score (nSPS) is 22.4. The third-order valence-electron chi connectivity index (χ3n) is 2.38. The minimum Gasteiger partial charge on any atom is -0.376 e. The van der Waals surface area contributed by atoms with Gasteiger partial charge in [-0.25, -0.2) is 0 Å². The first-order chi connectivity index (χ1) is 5.93. The minimum atomic E-state index is 0. The monoisotopic (exact) mass is 188 g/mol. The summed E-state index contributed by atoms with van der Waals surface area (Å²) in [5.41, 5.74) is 0. The molecule has 4 N–H and O–H groups in total. The predicted octanol–water partition coefficient (Wildman–Crippen LogP) is 2.11. The second kappa shape index (κ2) is 8.48. The SMILES string of the molecule is CCCCCCC1CNCCO1.N. The number of hydrogen-bond acceptors (Lipinski definition) is 3. The van der Waals surface area contributed by atoms with Crippen molar-refractivity contribution in [3.05, 3.63) is 0 Å². The molecule has 1 heterocycles. The van der Waals surface area contributed by atoms with Gasteiger partial charge in [0.1, 0.15) is 0 Å². The Morgan fingerprint density at radius 1 is 1.31 bits per heavy atom. The lowest BCUT2D eigenvalue weighted by Crippen LogP contribution is -2.38. The summed E-state index contributed by atoms with van der Waals surface area (Å²) in [7, 11) is 0. The van der Waals surface area contributed by atoms with Crippen LogP contribution in [0.25, 0.3) is 0 Å². The van der Waals surface area contributed by atoms with Crippen LogP contribution >= 0.6 is 0 Å². The molecule has 0 aromatic rings. The molecule has 3 nitrogen and oxygen atoms in total. The fourth-order valence-electron chi connectivity index (χ4n) is 1.60. The van der Waals surface area contributed by atoms with Crippen molar-refractivity contribution in [2.75, 3.05) is 19.7 Å². The first-order valence-electron chi connectivity index (χ1n) is 5.26. The summed E-state index contributed by atoms with van der Waals surface area (Å²) < 4.78 is 5.60. The zero-order valence-electron chi connectivity index (χ0n) is 8.85. The topological polar surface area (TPSA) is 56.3 Å². The van der Waals surface area contributed by atoms with Gasteiger partial charge in [-0.3, -0.25) is 0 Å². The van der Waals surface area contributed by atoms with E-state index in [0.717, 1.165) is 19.7 Å². The number of rotatable bonds is 5. The van der Waals surface area contributed by atoms with Crippen molar-refractivity contribution in [2.45, 2.75) is 45.1 Å². The van der Waals surface area contributed by atoms with Gasteiger partial charge < -0.3 is 16.2 Å². The predicted molar refractivity (Wildman–Crippen MR) is 56.4 cm³/mol. The lowest BCUT2D eigenvalue weighted by molar-refractivity contribution is 0.0221. The summed E-state index contributed by atoms with van der Waals surface area (Å²) in [6.07, 6.45) is 7.14. The van der Waals surface area contributed by atoms with Crippen LogP contribution in [0, 0.1) is 0 Å². The third-order valence-corrected chi connectivity index (χ3v) is 2.38. The van der Waals surface area contributed by atoms with Crippen molar-refractivity contribution >= 4 is 0 Å². The van der Waals surface area contributed by atoms with Crippen LogP contribution in [0.2, 0.25) is 0 Å². The molecule has 0 amide bonds. The first kappa shape index (κ1) is 12.9. The van der Waals surface area contributed by atoms with Crippen molar-refractivity contribution in [2.24, 2.45) is 0 Å². The van der Waals surface area contributed by atoms with Crippen LogP contribution in [0.3, 0.4) is 0 Å². The Labute approximate surface area is 81.8 Å². The Balaban J connectivity index is 0.00000144. The van der Waals surface area contributed by atoms with Gasteiger partial charge >= 0.3 is 0 Å². The maximum atomic E-state index is 5.60. The Morgan fingerprint density at radius 2 is 2.15 bits per heavy atom. The van der Waals surface area contributed by atoms with E-state index in [9.17, 15) is 0 Å². The van der Waals surface area contributed by atoms with E-state index in [2.05, 4.69) is 12.2 Å². The van der Waals surface area contributed by atoms with Gasteiger partial charge in [-0.05, 0) is 6.42 Å². The minimum absolute atomic E-state index is 0. The molecule has 0 aliphatic carbocycles. The van der Waals surface area contributed by atoms with E-state index in [0.29, 0.717) is 6.10 Å². The van der Waals surface area contributed by atoms with E-state index in [1.54, 1.807) is 0 Å². The van der Waals surface area contributed by atoms with Crippen LogP contribution in [-0.2, 0) is 4.74 Å². The number of hydrogen-bond donors (Lipinski definition) is 2. The largest absolute Gasteiger partial charge is 0.376 e. The molecule has 1 saturated heterocycles. The maximum absolute atomic E-state index is 5.60. The fourth-order valence-corrected chi connectivity index (χ4v) is 1.60. The molecule has 0 spiro atoms. The highest BCUT2D eigenvalue weighted by Crippen LogP contribution is 2.09. The number of nitrogens with one attached hydrogen (secondary N) is 1. The van der Waals surface area contributed by atoms with Crippen LogP contribution in [-0.4, -0.2) is 25.8 Å². The molecule has 1 atom stereocenters. The zero-order chi connectivity index (χ0) is 8.65. The summed E-state index contributed by atoms with van der Waals surface area (Å²) in [4.78, 5) is 0. The quantitative estimate of drug-likeness (QED) is 0.650. The molecule has 3 heteroatoms. The summed E-state index contributed by atoms with van der Waals surface area (Å²) >= 11 is 0. The molecule has 1 fully saturated rings. The summed E-state index contributed by atoms with van der Waals surface area (Å²) in [5.74, 6) is 0. The molecule has 1 aliphatic rings. The Hall–Kier alpha value is -0.120. The highest BCUT2D eigenvalue weighted by molar-refractivity contribution is 4.66. The van der Waals surface area contributed by atoms with Crippen LogP contribution in [0.1, 0.15) is 39.0 Å². The molecule has 13 heavy (non-hydrogen) atoms. The highest BCUT2D eigenvalue weighted by atomic mass is 16.5. The molecule has 0 radical (unpaired) electrons. The maximum Gasteiger partial charge on any atom is 0.0700 e. The van der Waals surface area contributed by atoms with Crippen molar-refractivity contribution in [3.8, 4) is 0 Å².